The Morgan fingerprint density at radius 2 is 1.86 bits per heavy atom. The second kappa shape index (κ2) is 11.9. The standard InChI is InChI=1S/2C4H8O3/c1-2-7-4(6)3-5;5-3-1-2-4(6)7/h5H,2-3H2,1H3;5H,1-3H2,(H,6,7). The monoisotopic (exact) mass is 208 g/mol. The van der Waals surface area contributed by atoms with Gasteiger partial charge in [0.2, 0.25) is 0 Å². The molecule has 0 aromatic rings. The second-order valence-corrected chi connectivity index (χ2v) is 2.18. The third-order valence-corrected chi connectivity index (χ3v) is 0.983. The lowest BCUT2D eigenvalue weighted by atomic mass is 10.3. The van der Waals surface area contributed by atoms with Gasteiger partial charge in [-0.25, -0.2) is 4.79 Å². The summed E-state index contributed by atoms with van der Waals surface area (Å²) in [5, 5.41) is 24.0. The predicted octanol–water partition coefficient (Wildman–Crippen LogP) is -0.615. The Kier molecular flexibility index (Phi) is 13.0. The van der Waals surface area contributed by atoms with E-state index in [1.165, 1.54) is 0 Å². The lowest BCUT2D eigenvalue weighted by molar-refractivity contribution is -0.146. The molecule has 0 saturated carbocycles. The van der Waals surface area contributed by atoms with Crippen LogP contribution in [0.15, 0.2) is 0 Å². The molecule has 6 heteroatoms. The third-order valence-electron chi connectivity index (χ3n) is 0.983. The molecule has 0 rings (SSSR count). The number of esters is 1. The van der Waals surface area contributed by atoms with Gasteiger partial charge >= 0.3 is 11.9 Å². The fraction of sp³-hybridized carbons (Fsp3) is 0.750. The van der Waals surface area contributed by atoms with Gasteiger partial charge in [0.25, 0.3) is 0 Å². The zero-order valence-electron chi connectivity index (χ0n) is 8.10. The Balaban J connectivity index is 0. The van der Waals surface area contributed by atoms with Crippen molar-refractivity contribution in [2.45, 2.75) is 19.8 Å². The van der Waals surface area contributed by atoms with Gasteiger partial charge in [-0.1, -0.05) is 0 Å². The summed E-state index contributed by atoms with van der Waals surface area (Å²) in [6.45, 7) is 1.47. The molecule has 0 fully saturated rings. The maximum absolute atomic E-state index is 9.94. The van der Waals surface area contributed by atoms with Crippen LogP contribution in [0.25, 0.3) is 0 Å². The third kappa shape index (κ3) is 17.1. The molecule has 0 aliphatic rings. The maximum Gasteiger partial charge on any atom is 0.331 e. The fourth-order valence-corrected chi connectivity index (χ4v) is 0.437. The summed E-state index contributed by atoms with van der Waals surface area (Å²) in [5.41, 5.74) is 0. The normalized spacial score (nSPS) is 8.50. The lowest BCUT2D eigenvalue weighted by Crippen LogP contribution is -2.07. The highest BCUT2D eigenvalue weighted by Gasteiger charge is 1.93. The second-order valence-electron chi connectivity index (χ2n) is 2.18. The molecule has 0 saturated heterocycles. The molecular formula is C8H16O6. The molecule has 0 spiro atoms. The minimum atomic E-state index is -0.853. The van der Waals surface area contributed by atoms with E-state index in [0.717, 1.165) is 0 Å². The Hall–Kier alpha value is -1.14. The molecule has 0 unspecified atom stereocenters. The number of hydrogen-bond acceptors (Lipinski definition) is 5. The van der Waals surface area contributed by atoms with Crippen molar-refractivity contribution in [1.29, 1.82) is 0 Å². The largest absolute Gasteiger partial charge is 0.481 e. The maximum atomic E-state index is 9.94. The van der Waals surface area contributed by atoms with E-state index < -0.39 is 18.5 Å². The zero-order chi connectivity index (χ0) is 11.4. The van der Waals surface area contributed by atoms with Crippen molar-refractivity contribution in [1.82, 2.24) is 0 Å². The Bertz CT molecular complexity index is 156. The van der Waals surface area contributed by atoms with Crippen LogP contribution >= 0.6 is 0 Å². The van der Waals surface area contributed by atoms with E-state index in [1.54, 1.807) is 6.92 Å². The molecule has 0 bridgehead atoms. The van der Waals surface area contributed by atoms with E-state index in [9.17, 15) is 9.59 Å². The molecule has 6 nitrogen and oxygen atoms in total. The first-order valence-corrected chi connectivity index (χ1v) is 4.17. The van der Waals surface area contributed by atoms with E-state index in [0.29, 0.717) is 13.0 Å². The van der Waals surface area contributed by atoms with E-state index in [-0.39, 0.29) is 13.0 Å². The summed E-state index contributed by atoms with van der Waals surface area (Å²) in [6.07, 6.45) is 0.422. The molecule has 0 atom stereocenters. The summed E-state index contributed by atoms with van der Waals surface area (Å²) in [5.74, 6) is -1.42. The highest BCUT2D eigenvalue weighted by molar-refractivity contribution is 5.70. The summed E-state index contributed by atoms with van der Waals surface area (Å²) in [7, 11) is 0. The van der Waals surface area contributed by atoms with Gasteiger partial charge in [0.1, 0.15) is 6.61 Å². The predicted molar refractivity (Wildman–Crippen MR) is 47.7 cm³/mol. The molecule has 3 N–H and O–H groups in total. The van der Waals surface area contributed by atoms with E-state index in [2.05, 4.69) is 4.74 Å². The van der Waals surface area contributed by atoms with Crippen LogP contribution in [0.3, 0.4) is 0 Å². The van der Waals surface area contributed by atoms with Crippen LogP contribution in [-0.2, 0) is 14.3 Å². The molecule has 0 aliphatic heterocycles. The smallest absolute Gasteiger partial charge is 0.331 e. The quantitative estimate of drug-likeness (QED) is 0.520. The van der Waals surface area contributed by atoms with Crippen LogP contribution in [0.5, 0.6) is 0 Å². The summed E-state index contributed by atoms with van der Waals surface area (Å²) in [4.78, 5) is 19.6. The van der Waals surface area contributed by atoms with Crippen LogP contribution in [0.1, 0.15) is 19.8 Å². The summed E-state index contributed by atoms with van der Waals surface area (Å²) >= 11 is 0. The molecule has 0 aromatic carbocycles. The van der Waals surface area contributed by atoms with Gasteiger partial charge in [-0.15, -0.1) is 0 Å². The van der Waals surface area contributed by atoms with Crippen molar-refractivity contribution in [3.05, 3.63) is 0 Å². The number of carboxylic acids is 1. The van der Waals surface area contributed by atoms with Crippen molar-refractivity contribution in [2.75, 3.05) is 19.8 Å². The van der Waals surface area contributed by atoms with E-state index in [1.807, 2.05) is 0 Å². The molecule has 0 aliphatic carbocycles. The van der Waals surface area contributed by atoms with Crippen LogP contribution in [0, 0.1) is 0 Å². The molecule has 84 valence electrons. The van der Waals surface area contributed by atoms with Crippen molar-refractivity contribution >= 4 is 11.9 Å². The van der Waals surface area contributed by atoms with Crippen molar-refractivity contribution in [3.63, 3.8) is 0 Å². The molecular weight excluding hydrogens is 192 g/mol. The summed E-state index contributed by atoms with van der Waals surface area (Å²) < 4.78 is 4.30. The SMILES string of the molecule is CCOC(=O)CO.O=C(O)CCCO. The molecule has 0 radical (unpaired) electrons. The van der Waals surface area contributed by atoms with Crippen LogP contribution in [-0.4, -0.2) is 47.1 Å². The average molecular weight is 208 g/mol. The Labute approximate surface area is 82.1 Å². The summed E-state index contributed by atoms with van der Waals surface area (Å²) in [6, 6.07) is 0. The van der Waals surface area contributed by atoms with Gasteiger partial charge < -0.3 is 20.1 Å². The number of carbonyl (C=O) groups is 2. The number of rotatable bonds is 5. The molecule has 0 heterocycles. The van der Waals surface area contributed by atoms with Crippen molar-refractivity contribution in [2.24, 2.45) is 0 Å². The van der Waals surface area contributed by atoms with Crippen LogP contribution in [0.4, 0.5) is 0 Å². The zero-order valence-corrected chi connectivity index (χ0v) is 8.10. The lowest BCUT2D eigenvalue weighted by Gasteiger charge is -1.93. The van der Waals surface area contributed by atoms with E-state index in [4.69, 9.17) is 15.3 Å². The number of ether oxygens (including phenoxy) is 1. The first-order valence-electron chi connectivity index (χ1n) is 4.17. The minimum Gasteiger partial charge on any atom is -0.481 e. The molecule has 0 amide bonds. The van der Waals surface area contributed by atoms with Crippen LogP contribution in [0.2, 0.25) is 0 Å². The highest BCUT2D eigenvalue weighted by atomic mass is 16.5. The number of aliphatic hydroxyl groups excluding tert-OH is 2. The van der Waals surface area contributed by atoms with E-state index >= 15 is 0 Å². The van der Waals surface area contributed by atoms with Crippen molar-refractivity contribution in [3.8, 4) is 0 Å². The topological polar surface area (TPSA) is 104 Å². The molecule has 14 heavy (non-hydrogen) atoms. The average Bonchev–Trinajstić information content (AvgIpc) is 2.16. The van der Waals surface area contributed by atoms with Gasteiger partial charge in [0, 0.05) is 13.0 Å². The number of carbonyl (C=O) groups excluding carboxylic acids is 1. The number of aliphatic carboxylic acids is 1. The molecule has 0 aromatic heterocycles. The van der Waals surface area contributed by atoms with Gasteiger partial charge in [-0.2, -0.15) is 0 Å². The first kappa shape index (κ1) is 15.3. The van der Waals surface area contributed by atoms with Crippen molar-refractivity contribution < 1.29 is 29.6 Å². The van der Waals surface area contributed by atoms with Gasteiger partial charge in [-0.05, 0) is 13.3 Å². The minimum absolute atomic E-state index is 0.0354. The fourth-order valence-electron chi connectivity index (χ4n) is 0.437. The van der Waals surface area contributed by atoms with Gasteiger partial charge in [0.15, 0.2) is 0 Å². The first-order chi connectivity index (χ1) is 6.58. The number of carboxylic acid groups (broad SMARTS) is 1. The Morgan fingerprint density at radius 1 is 1.29 bits per heavy atom. The van der Waals surface area contributed by atoms with Gasteiger partial charge in [-0.3, -0.25) is 4.79 Å². The number of aliphatic hydroxyl groups is 2. The van der Waals surface area contributed by atoms with Gasteiger partial charge in [0.05, 0.1) is 6.61 Å². The Morgan fingerprint density at radius 3 is 2.00 bits per heavy atom. The number of hydrogen-bond donors (Lipinski definition) is 3. The highest BCUT2D eigenvalue weighted by Crippen LogP contribution is 1.83. The van der Waals surface area contributed by atoms with Crippen LogP contribution < -0.4 is 0 Å².